The first-order valence-electron chi connectivity index (χ1n) is 7.25. The van der Waals surface area contributed by atoms with Crippen molar-refractivity contribution in [1.29, 1.82) is 0 Å². The van der Waals surface area contributed by atoms with Crippen molar-refractivity contribution < 1.29 is 9.72 Å². The van der Waals surface area contributed by atoms with Gasteiger partial charge in [-0.25, -0.2) is 4.98 Å². The summed E-state index contributed by atoms with van der Waals surface area (Å²) < 4.78 is 0. The van der Waals surface area contributed by atoms with Gasteiger partial charge in [0.05, 0.1) is 4.92 Å². The summed E-state index contributed by atoms with van der Waals surface area (Å²) in [6.07, 6.45) is 3.79. The minimum absolute atomic E-state index is 0.00687. The van der Waals surface area contributed by atoms with Gasteiger partial charge in [0.1, 0.15) is 12.0 Å². The molecule has 0 aliphatic carbocycles. The Morgan fingerprint density at radius 3 is 2.71 bits per heavy atom. The molecule has 1 N–H and O–H groups in total. The molecule has 0 aromatic carbocycles. The molecule has 114 valence electrons. The van der Waals surface area contributed by atoms with E-state index in [1.54, 1.807) is 6.07 Å². The van der Waals surface area contributed by atoms with Crippen LogP contribution in [-0.2, 0) is 4.79 Å². The molecule has 0 bridgehead atoms. The first kappa shape index (κ1) is 15.2. The summed E-state index contributed by atoms with van der Waals surface area (Å²) in [5, 5.41) is 13.5. The Morgan fingerprint density at radius 2 is 2.19 bits per heavy atom. The zero-order valence-corrected chi connectivity index (χ0v) is 12.1. The Bertz CT molecular complexity index is 495. The highest BCUT2D eigenvalue weighted by atomic mass is 16.6. The van der Waals surface area contributed by atoms with E-state index in [1.165, 1.54) is 12.3 Å². The van der Waals surface area contributed by atoms with Gasteiger partial charge in [0, 0.05) is 31.6 Å². The van der Waals surface area contributed by atoms with Crippen LogP contribution in [0.5, 0.6) is 0 Å². The van der Waals surface area contributed by atoms with Gasteiger partial charge in [0.15, 0.2) is 0 Å². The van der Waals surface area contributed by atoms with Crippen LogP contribution in [0.15, 0.2) is 18.3 Å². The van der Waals surface area contributed by atoms with Gasteiger partial charge in [0.25, 0.3) is 5.69 Å². The highest BCUT2D eigenvalue weighted by Gasteiger charge is 2.25. The third kappa shape index (κ3) is 3.90. The van der Waals surface area contributed by atoms with Crippen molar-refractivity contribution in [3.63, 3.8) is 0 Å². The highest BCUT2D eigenvalue weighted by molar-refractivity contribution is 5.78. The lowest BCUT2D eigenvalue weighted by Gasteiger charge is -2.32. The van der Waals surface area contributed by atoms with Crippen molar-refractivity contribution in [1.82, 2.24) is 10.3 Å². The van der Waals surface area contributed by atoms with E-state index in [4.69, 9.17) is 0 Å². The van der Waals surface area contributed by atoms with Gasteiger partial charge in [0.2, 0.25) is 5.91 Å². The fourth-order valence-electron chi connectivity index (χ4n) is 2.44. The van der Waals surface area contributed by atoms with E-state index < -0.39 is 4.92 Å². The molecular formula is C14H20N4O3. The van der Waals surface area contributed by atoms with Crippen LogP contribution in [0.2, 0.25) is 0 Å². The van der Waals surface area contributed by atoms with Crippen LogP contribution in [0.4, 0.5) is 11.5 Å². The topological polar surface area (TPSA) is 88.4 Å². The number of aromatic nitrogens is 1. The molecule has 2 heterocycles. The monoisotopic (exact) mass is 292 g/mol. The molecular weight excluding hydrogens is 272 g/mol. The smallest absolute Gasteiger partial charge is 0.287 e. The van der Waals surface area contributed by atoms with Crippen molar-refractivity contribution >= 4 is 17.4 Å². The fraction of sp³-hybridized carbons (Fsp3) is 0.571. The van der Waals surface area contributed by atoms with Gasteiger partial charge in [-0.1, -0.05) is 6.92 Å². The Kier molecular flexibility index (Phi) is 5.08. The van der Waals surface area contributed by atoms with Crippen LogP contribution in [0.1, 0.15) is 26.2 Å². The molecule has 0 spiro atoms. The summed E-state index contributed by atoms with van der Waals surface area (Å²) in [4.78, 5) is 28.2. The normalized spacial score (nSPS) is 15.8. The number of hydrogen-bond acceptors (Lipinski definition) is 5. The van der Waals surface area contributed by atoms with Crippen LogP contribution < -0.4 is 10.2 Å². The summed E-state index contributed by atoms with van der Waals surface area (Å²) in [5.74, 6) is 0.923. The second kappa shape index (κ2) is 7.01. The van der Waals surface area contributed by atoms with Crippen molar-refractivity contribution in [2.45, 2.75) is 26.2 Å². The van der Waals surface area contributed by atoms with Gasteiger partial charge in [-0.2, -0.15) is 0 Å². The maximum atomic E-state index is 11.9. The number of nitro groups is 1. The first-order chi connectivity index (χ1) is 10.1. The highest BCUT2D eigenvalue weighted by Crippen LogP contribution is 2.23. The lowest BCUT2D eigenvalue weighted by Crippen LogP contribution is -2.41. The zero-order chi connectivity index (χ0) is 15.2. The summed E-state index contributed by atoms with van der Waals surface area (Å²) >= 11 is 0. The summed E-state index contributed by atoms with van der Waals surface area (Å²) in [5.41, 5.74) is -0.00687. The van der Waals surface area contributed by atoms with E-state index >= 15 is 0 Å². The number of pyridine rings is 1. The van der Waals surface area contributed by atoms with Gasteiger partial charge >= 0.3 is 0 Å². The molecule has 0 saturated carbocycles. The van der Waals surface area contributed by atoms with E-state index in [1.807, 2.05) is 6.92 Å². The number of hydrogen-bond donors (Lipinski definition) is 1. The van der Waals surface area contributed by atoms with Gasteiger partial charge < -0.3 is 10.2 Å². The lowest BCUT2D eigenvalue weighted by molar-refractivity contribution is -0.385. The second-order valence-corrected chi connectivity index (χ2v) is 5.18. The number of nitrogens with zero attached hydrogens (tertiary/aromatic N) is 3. The first-order valence-corrected chi connectivity index (χ1v) is 7.25. The maximum Gasteiger partial charge on any atom is 0.287 e. The molecule has 1 saturated heterocycles. The van der Waals surface area contributed by atoms with Crippen LogP contribution in [-0.4, -0.2) is 35.4 Å². The van der Waals surface area contributed by atoms with E-state index in [0.717, 1.165) is 44.7 Å². The number of rotatable bonds is 5. The molecule has 21 heavy (non-hydrogen) atoms. The van der Waals surface area contributed by atoms with Crippen LogP contribution in [0.25, 0.3) is 0 Å². The van der Waals surface area contributed by atoms with Crippen molar-refractivity contribution in [2.24, 2.45) is 5.92 Å². The molecule has 0 atom stereocenters. The lowest BCUT2D eigenvalue weighted by atomic mass is 9.96. The van der Waals surface area contributed by atoms with Gasteiger partial charge in [-0.3, -0.25) is 14.9 Å². The zero-order valence-electron chi connectivity index (χ0n) is 12.1. The van der Waals surface area contributed by atoms with E-state index in [0.29, 0.717) is 0 Å². The van der Waals surface area contributed by atoms with Crippen molar-refractivity contribution in [3.05, 3.63) is 28.4 Å². The minimum Gasteiger partial charge on any atom is -0.357 e. The number of amides is 1. The molecule has 7 heteroatoms. The Labute approximate surface area is 123 Å². The quantitative estimate of drug-likeness (QED) is 0.659. The van der Waals surface area contributed by atoms with Crippen molar-refractivity contribution in [2.75, 3.05) is 24.5 Å². The molecule has 0 radical (unpaired) electrons. The van der Waals surface area contributed by atoms with Crippen LogP contribution in [0.3, 0.4) is 0 Å². The average molecular weight is 292 g/mol. The largest absolute Gasteiger partial charge is 0.357 e. The molecule has 1 aromatic heterocycles. The third-order valence-electron chi connectivity index (χ3n) is 3.68. The Balaban J connectivity index is 1.88. The minimum atomic E-state index is -0.457. The predicted octanol–water partition coefficient (Wildman–Crippen LogP) is 1.73. The van der Waals surface area contributed by atoms with E-state index in [9.17, 15) is 14.9 Å². The van der Waals surface area contributed by atoms with Crippen molar-refractivity contribution in [3.8, 4) is 0 Å². The molecule has 0 unspecified atom stereocenters. The number of carbonyl (C=O) groups excluding carboxylic acids is 1. The van der Waals surface area contributed by atoms with Crippen LogP contribution >= 0.6 is 0 Å². The summed E-state index contributed by atoms with van der Waals surface area (Å²) in [6, 6.07) is 3.12. The number of carbonyl (C=O) groups is 1. The number of anilines is 1. The van der Waals surface area contributed by atoms with E-state index in [-0.39, 0.29) is 17.5 Å². The second-order valence-electron chi connectivity index (χ2n) is 5.18. The third-order valence-corrected chi connectivity index (χ3v) is 3.68. The summed E-state index contributed by atoms with van der Waals surface area (Å²) in [7, 11) is 0. The molecule has 1 aliphatic heterocycles. The maximum absolute atomic E-state index is 11.9. The molecule has 1 amide bonds. The Morgan fingerprint density at radius 1 is 1.48 bits per heavy atom. The predicted molar refractivity (Wildman–Crippen MR) is 79.1 cm³/mol. The molecule has 1 fully saturated rings. The van der Waals surface area contributed by atoms with Gasteiger partial charge in [-0.15, -0.1) is 0 Å². The van der Waals surface area contributed by atoms with E-state index in [2.05, 4.69) is 15.2 Å². The van der Waals surface area contributed by atoms with Crippen LogP contribution in [0, 0.1) is 16.0 Å². The molecule has 2 rings (SSSR count). The SMILES string of the molecule is CCCNC(=O)C1CCN(c2ccc([N+](=O)[O-])cn2)CC1. The Hall–Kier alpha value is -2.18. The molecule has 1 aromatic rings. The number of piperidine rings is 1. The van der Waals surface area contributed by atoms with Gasteiger partial charge in [-0.05, 0) is 25.3 Å². The standard InChI is InChI=1S/C14H20N4O3/c1-2-7-15-14(19)11-5-8-17(9-6-11)13-4-3-12(10-16-13)18(20)21/h3-4,10-11H,2,5-9H2,1H3,(H,15,19). The molecule has 1 aliphatic rings. The molecule has 7 nitrogen and oxygen atoms in total. The number of nitrogens with one attached hydrogen (secondary N) is 1. The summed E-state index contributed by atoms with van der Waals surface area (Å²) in [6.45, 7) is 4.25. The fourth-order valence-corrected chi connectivity index (χ4v) is 2.44. The average Bonchev–Trinajstić information content (AvgIpc) is 2.53.